The first kappa shape index (κ1) is 37.0. The molecule has 1 saturated heterocycles. The number of hydrogen-bond donors (Lipinski definition) is 3. The third kappa shape index (κ3) is 5.06. The molecule has 12 nitrogen and oxygen atoms in total. The van der Waals surface area contributed by atoms with Crippen LogP contribution in [0.4, 0.5) is 0 Å². The normalized spacial score (nSPS) is 47.5. The van der Waals surface area contributed by atoms with Crippen molar-refractivity contribution in [3.05, 3.63) is 0 Å². The number of aliphatic hydroxyl groups is 3. The maximum absolute atomic E-state index is 13.2. The molecule has 4 saturated carbocycles. The number of esters is 2. The molecule has 5 fully saturated rings. The van der Waals surface area contributed by atoms with Gasteiger partial charge in [0.05, 0.1) is 13.2 Å². The molecule has 0 aromatic rings. The molecule has 14 atom stereocenters. The van der Waals surface area contributed by atoms with Gasteiger partial charge < -0.3 is 34.3 Å². The highest BCUT2D eigenvalue weighted by atomic mass is 16.7. The monoisotopic (exact) mass is 678 g/mol. The van der Waals surface area contributed by atoms with E-state index in [1.54, 1.807) is 6.92 Å². The first-order chi connectivity index (χ1) is 22.2. The van der Waals surface area contributed by atoms with Gasteiger partial charge >= 0.3 is 11.9 Å². The van der Waals surface area contributed by atoms with E-state index in [1.807, 2.05) is 0 Å². The van der Waals surface area contributed by atoms with Crippen molar-refractivity contribution in [3.8, 4) is 0 Å². The first-order valence-electron chi connectivity index (χ1n) is 17.5. The van der Waals surface area contributed by atoms with Gasteiger partial charge in [0.2, 0.25) is 11.2 Å². The Morgan fingerprint density at radius 1 is 0.771 bits per heavy atom. The number of ether oxygens (including phenoxy) is 4. The van der Waals surface area contributed by atoms with E-state index in [2.05, 4.69) is 13.8 Å². The first-order valence-corrected chi connectivity index (χ1v) is 17.5. The fourth-order valence-corrected chi connectivity index (χ4v) is 11.5. The molecule has 270 valence electrons. The summed E-state index contributed by atoms with van der Waals surface area (Å²) in [6.07, 6.45) is 3.63. The van der Waals surface area contributed by atoms with Crippen LogP contribution in [0.5, 0.6) is 0 Å². The lowest BCUT2D eigenvalue weighted by molar-refractivity contribution is -0.370. The summed E-state index contributed by atoms with van der Waals surface area (Å²) in [6.45, 7) is 10.5. The quantitative estimate of drug-likeness (QED) is 0.320. The third-order valence-electron chi connectivity index (χ3n) is 14.0. The highest BCUT2D eigenvalue weighted by molar-refractivity contribution is 6.07. The molecule has 0 aromatic carbocycles. The van der Waals surface area contributed by atoms with E-state index in [4.69, 9.17) is 18.9 Å². The summed E-state index contributed by atoms with van der Waals surface area (Å²) in [6, 6.07) is 0. The van der Waals surface area contributed by atoms with Crippen molar-refractivity contribution in [3.63, 3.8) is 0 Å². The molecule has 4 aliphatic carbocycles. The summed E-state index contributed by atoms with van der Waals surface area (Å²) in [5, 5.41) is 35.4. The average molecular weight is 679 g/mol. The molecular formula is C36H54O12. The zero-order chi connectivity index (χ0) is 35.8. The fourth-order valence-electron chi connectivity index (χ4n) is 11.5. The van der Waals surface area contributed by atoms with E-state index < -0.39 is 58.6 Å². The Labute approximate surface area is 282 Å². The summed E-state index contributed by atoms with van der Waals surface area (Å²) < 4.78 is 22.4. The van der Waals surface area contributed by atoms with E-state index in [-0.39, 0.29) is 28.8 Å². The molecule has 1 aliphatic heterocycles. The van der Waals surface area contributed by atoms with Gasteiger partial charge in [-0.2, -0.15) is 0 Å². The Bertz CT molecular complexity index is 1350. The second-order valence-electron chi connectivity index (χ2n) is 16.0. The van der Waals surface area contributed by atoms with E-state index in [0.29, 0.717) is 23.7 Å². The highest BCUT2D eigenvalue weighted by Gasteiger charge is 2.80. The van der Waals surface area contributed by atoms with Gasteiger partial charge in [0.25, 0.3) is 0 Å². The molecule has 5 rings (SSSR count). The van der Waals surface area contributed by atoms with Crippen molar-refractivity contribution in [1.82, 2.24) is 0 Å². The summed E-state index contributed by atoms with van der Waals surface area (Å²) in [5.41, 5.74) is -10.1. The lowest BCUT2D eigenvalue weighted by Gasteiger charge is -2.61. The zero-order valence-electron chi connectivity index (χ0n) is 29.6. The van der Waals surface area contributed by atoms with Gasteiger partial charge in [0.1, 0.15) is 6.10 Å². The number of hydrogen-bond acceptors (Lipinski definition) is 12. The molecule has 0 amide bonds. The summed E-state index contributed by atoms with van der Waals surface area (Å²) >= 11 is 0. The SMILES string of the molecule is COC(=O)[C@H]1O[C@@H](OC(C)[C@H]2CC[C@H]3[C@@H]4CCC5C[C@@H](OC(C)=O)CC[C@]5(C)[C@H]4CC[C@]23C)[C@@](O)(C(C)=O)[C@](O)(C(C)=O)[C@@]1(O)C(C)=O. The van der Waals surface area contributed by atoms with Crippen LogP contribution in [0.25, 0.3) is 0 Å². The molecule has 1 heterocycles. The minimum absolute atomic E-state index is 0.0126. The number of ketones is 3. The Balaban J connectivity index is 1.41. The maximum atomic E-state index is 13.2. The lowest BCUT2D eigenvalue weighted by Crippen LogP contribution is -2.87. The van der Waals surface area contributed by atoms with E-state index in [0.717, 1.165) is 85.7 Å². The highest BCUT2D eigenvalue weighted by Crippen LogP contribution is 2.68. The van der Waals surface area contributed by atoms with Crippen LogP contribution in [-0.2, 0) is 42.9 Å². The third-order valence-corrected chi connectivity index (χ3v) is 14.0. The van der Waals surface area contributed by atoms with Gasteiger partial charge in [0, 0.05) is 6.92 Å². The van der Waals surface area contributed by atoms with Crippen molar-refractivity contribution in [2.24, 2.45) is 40.4 Å². The molecule has 0 aromatic heterocycles. The molecule has 0 spiro atoms. The predicted molar refractivity (Wildman–Crippen MR) is 169 cm³/mol. The Morgan fingerprint density at radius 2 is 1.38 bits per heavy atom. The minimum atomic E-state index is -3.50. The van der Waals surface area contributed by atoms with Gasteiger partial charge in [-0.05, 0) is 126 Å². The van der Waals surface area contributed by atoms with Crippen molar-refractivity contribution in [1.29, 1.82) is 0 Å². The van der Waals surface area contributed by atoms with Gasteiger partial charge in [-0.1, -0.05) is 13.8 Å². The Hall–Kier alpha value is -2.25. The van der Waals surface area contributed by atoms with Crippen LogP contribution in [0.3, 0.4) is 0 Å². The van der Waals surface area contributed by atoms with Gasteiger partial charge in [-0.3, -0.25) is 19.2 Å². The van der Waals surface area contributed by atoms with Crippen LogP contribution in [0.15, 0.2) is 0 Å². The summed E-state index contributed by atoms with van der Waals surface area (Å²) in [7, 11) is 0.971. The molecule has 5 aliphatic rings. The largest absolute Gasteiger partial charge is 0.467 e. The van der Waals surface area contributed by atoms with Gasteiger partial charge in [-0.15, -0.1) is 0 Å². The molecule has 0 radical (unpaired) electrons. The fraction of sp³-hybridized carbons (Fsp3) is 0.861. The van der Waals surface area contributed by atoms with E-state index in [9.17, 15) is 39.3 Å². The van der Waals surface area contributed by atoms with Gasteiger partial charge in [0.15, 0.2) is 35.3 Å². The molecular weight excluding hydrogens is 624 g/mol. The van der Waals surface area contributed by atoms with Crippen LogP contribution in [0.1, 0.15) is 106 Å². The van der Waals surface area contributed by atoms with Crippen LogP contribution in [-0.4, -0.2) is 93.1 Å². The topological polar surface area (TPSA) is 183 Å². The lowest BCUT2D eigenvalue weighted by atomic mass is 9.44. The number of methoxy groups -OCH3 is 1. The predicted octanol–water partition coefficient (Wildman–Crippen LogP) is 2.84. The number of fused-ring (bicyclic) bond motifs is 5. The standard InChI is InChI=1S/C36H54O12/c1-18(46-31-35(43,20(3)38)36(44,21(4)39)34(42,19(2)37)29(48-31)30(41)45-8)26-11-12-27-25-10-9-23-17-24(47-22(5)40)13-15-32(23,6)28(25)14-16-33(26,27)7/h18,23-29,31,42-44H,9-17H2,1-8H3/t18?,23?,24-,25-,26+,27-,28-,29+,31+,32-,33+,34+,35-,36-/m0/s1. The molecule has 48 heavy (non-hydrogen) atoms. The van der Waals surface area contributed by atoms with Gasteiger partial charge in [-0.25, -0.2) is 4.79 Å². The van der Waals surface area contributed by atoms with Crippen LogP contribution in [0, 0.1) is 40.4 Å². The van der Waals surface area contributed by atoms with E-state index in [1.165, 1.54) is 6.92 Å². The summed E-state index contributed by atoms with van der Waals surface area (Å²) in [4.78, 5) is 63.7. The Kier molecular flexibility index (Phi) is 9.65. The minimum Gasteiger partial charge on any atom is -0.467 e. The van der Waals surface area contributed by atoms with Crippen LogP contribution < -0.4 is 0 Å². The summed E-state index contributed by atoms with van der Waals surface area (Å²) in [5.74, 6) is -3.43. The molecule has 3 N–H and O–H groups in total. The number of Topliss-reactive ketones (excluding diaryl/α,β-unsaturated/α-hetero) is 3. The van der Waals surface area contributed by atoms with Crippen LogP contribution in [0.2, 0.25) is 0 Å². The molecule has 12 heteroatoms. The Morgan fingerprint density at radius 3 is 1.94 bits per heavy atom. The molecule has 2 unspecified atom stereocenters. The second kappa shape index (κ2) is 12.5. The zero-order valence-corrected chi connectivity index (χ0v) is 29.6. The molecule has 0 bridgehead atoms. The maximum Gasteiger partial charge on any atom is 0.338 e. The second-order valence-corrected chi connectivity index (χ2v) is 16.0. The van der Waals surface area contributed by atoms with Crippen molar-refractivity contribution < 1.29 is 58.2 Å². The number of carbonyl (C=O) groups is 5. The van der Waals surface area contributed by atoms with Crippen molar-refractivity contribution in [2.75, 3.05) is 7.11 Å². The van der Waals surface area contributed by atoms with Crippen molar-refractivity contribution in [2.45, 2.75) is 148 Å². The average Bonchev–Trinajstić information content (AvgIpc) is 3.37. The smallest absolute Gasteiger partial charge is 0.338 e. The van der Waals surface area contributed by atoms with Crippen molar-refractivity contribution >= 4 is 29.3 Å². The van der Waals surface area contributed by atoms with E-state index >= 15 is 0 Å². The van der Waals surface area contributed by atoms with Crippen LogP contribution >= 0.6 is 0 Å². The number of rotatable bonds is 8. The number of carbonyl (C=O) groups excluding carboxylic acids is 5.